The number of rotatable bonds is 5. The summed E-state index contributed by atoms with van der Waals surface area (Å²) in [7, 11) is 1.00. The van der Waals surface area contributed by atoms with E-state index in [1.807, 2.05) is 6.07 Å². The maximum absolute atomic E-state index is 14.3. The van der Waals surface area contributed by atoms with E-state index in [4.69, 9.17) is 16.7 Å². The molecule has 1 aliphatic rings. The molecular weight excluding hydrogens is 454 g/mol. The average Bonchev–Trinajstić information content (AvgIpc) is 3.34. The van der Waals surface area contributed by atoms with Crippen molar-refractivity contribution >= 4 is 35.1 Å². The first-order valence-corrected chi connectivity index (χ1v) is 11.2. The van der Waals surface area contributed by atoms with Crippen LogP contribution in [0.4, 0.5) is 14.5 Å². The van der Waals surface area contributed by atoms with Crippen molar-refractivity contribution in [2.45, 2.75) is 17.7 Å². The molecule has 0 atom stereocenters. The minimum Gasteiger partial charge on any atom is -0.400 e. The molecule has 168 valence electrons. The van der Waals surface area contributed by atoms with Crippen molar-refractivity contribution in [1.82, 2.24) is 4.90 Å². The van der Waals surface area contributed by atoms with Gasteiger partial charge in [-0.1, -0.05) is 41.9 Å². The molecule has 1 saturated heterocycles. The third-order valence-electron chi connectivity index (χ3n) is 4.93. The summed E-state index contributed by atoms with van der Waals surface area (Å²) in [4.78, 5) is 15.1. The number of nitrogens with one attached hydrogen (secondary N) is 1. The first-order valence-electron chi connectivity index (χ1n) is 10.0. The molecule has 4 rings (SSSR count). The van der Waals surface area contributed by atoms with E-state index in [9.17, 15) is 13.6 Å². The Bertz CT molecular complexity index is 1080. The Kier molecular flexibility index (Phi) is 8.50. The van der Waals surface area contributed by atoms with Crippen molar-refractivity contribution in [3.63, 3.8) is 0 Å². The molecule has 0 aromatic heterocycles. The maximum atomic E-state index is 14.3. The van der Waals surface area contributed by atoms with Crippen LogP contribution in [0.2, 0.25) is 5.02 Å². The van der Waals surface area contributed by atoms with Gasteiger partial charge in [-0.3, -0.25) is 4.79 Å². The lowest BCUT2D eigenvalue weighted by Crippen LogP contribution is -2.27. The maximum Gasteiger partial charge on any atom is 0.253 e. The third kappa shape index (κ3) is 5.79. The molecule has 0 bridgehead atoms. The molecule has 0 saturated carbocycles. The fourth-order valence-electron chi connectivity index (χ4n) is 3.43. The lowest BCUT2D eigenvalue weighted by molar-refractivity contribution is 0.0792. The summed E-state index contributed by atoms with van der Waals surface area (Å²) in [6.45, 7) is 1.49. The van der Waals surface area contributed by atoms with E-state index in [1.54, 1.807) is 47.4 Å². The lowest BCUT2D eigenvalue weighted by atomic mass is 10.0. The van der Waals surface area contributed by atoms with E-state index in [2.05, 4.69) is 4.72 Å². The molecule has 3 aromatic rings. The van der Waals surface area contributed by atoms with Gasteiger partial charge < -0.3 is 14.7 Å². The number of anilines is 1. The van der Waals surface area contributed by atoms with Crippen LogP contribution in [0.3, 0.4) is 0 Å². The molecule has 0 radical (unpaired) electrons. The van der Waals surface area contributed by atoms with Gasteiger partial charge in [-0.25, -0.2) is 8.78 Å². The van der Waals surface area contributed by atoms with Crippen LogP contribution in [0.15, 0.2) is 65.6 Å². The van der Waals surface area contributed by atoms with E-state index < -0.39 is 11.6 Å². The highest BCUT2D eigenvalue weighted by atomic mass is 35.5. The van der Waals surface area contributed by atoms with Gasteiger partial charge in [0.1, 0.15) is 11.6 Å². The summed E-state index contributed by atoms with van der Waals surface area (Å²) in [5, 5.41) is 7.42. The first-order chi connectivity index (χ1) is 15.5. The Morgan fingerprint density at radius 3 is 2.38 bits per heavy atom. The summed E-state index contributed by atoms with van der Waals surface area (Å²) in [5.41, 5.74) is 1.60. The number of carbonyl (C=O) groups is 1. The van der Waals surface area contributed by atoms with Gasteiger partial charge in [-0.05, 0) is 54.6 Å². The van der Waals surface area contributed by atoms with Crippen LogP contribution < -0.4 is 4.72 Å². The zero-order chi connectivity index (χ0) is 23.1. The number of benzene rings is 3. The van der Waals surface area contributed by atoms with E-state index in [-0.39, 0.29) is 11.6 Å². The van der Waals surface area contributed by atoms with E-state index in [1.165, 1.54) is 6.07 Å². The van der Waals surface area contributed by atoms with E-state index in [0.29, 0.717) is 26.6 Å². The van der Waals surface area contributed by atoms with Crippen LogP contribution in [0.1, 0.15) is 23.2 Å². The largest absolute Gasteiger partial charge is 0.400 e. The minimum atomic E-state index is -0.699. The van der Waals surface area contributed by atoms with Gasteiger partial charge in [-0.15, -0.1) is 0 Å². The van der Waals surface area contributed by atoms with Gasteiger partial charge in [0.25, 0.3) is 5.91 Å². The van der Waals surface area contributed by atoms with Crippen LogP contribution in [0, 0.1) is 11.6 Å². The summed E-state index contributed by atoms with van der Waals surface area (Å²) < 4.78 is 31.5. The predicted octanol–water partition coefficient (Wildman–Crippen LogP) is 6.25. The molecule has 2 N–H and O–H groups in total. The Morgan fingerprint density at radius 1 is 1.00 bits per heavy atom. The van der Waals surface area contributed by atoms with Gasteiger partial charge >= 0.3 is 0 Å². The summed E-state index contributed by atoms with van der Waals surface area (Å²) >= 11 is 7.32. The second-order valence-corrected chi connectivity index (χ2v) is 8.37. The number of aliphatic hydroxyl groups excluding tert-OH is 1. The zero-order valence-electron chi connectivity index (χ0n) is 17.4. The fraction of sp³-hybridized carbons (Fsp3) is 0.208. The van der Waals surface area contributed by atoms with Gasteiger partial charge in [0, 0.05) is 47.3 Å². The van der Waals surface area contributed by atoms with Crippen LogP contribution in [-0.4, -0.2) is 36.1 Å². The lowest BCUT2D eigenvalue weighted by Gasteiger charge is -2.16. The van der Waals surface area contributed by atoms with Crippen molar-refractivity contribution in [1.29, 1.82) is 0 Å². The summed E-state index contributed by atoms with van der Waals surface area (Å²) in [6, 6.07) is 16.3. The SMILES string of the molecule is CO.O=C(c1cc(Cl)cc(SNc2cc(-c3ccccc3)c(F)cc2F)c1)N1CCCC1. The van der Waals surface area contributed by atoms with Crippen molar-refractivity contribution in [3.05, 3.63) is 82.9 Å². The number of carbonyl (C=O) groups excluding carboxylic acids is 1. The average molecular weight is 477 g/mol. The van der Waals surface area contributed by atoms with Gasteiger partial charge in [-0.2, -0.15) is 0 Å². The Hall–Kier alpha value is -2.61. The molecule has 32 heavy (non-hydrogen) atoms. The van der Waals surface area contributed by atoms with Crippen LogP contribution in [-0.2, 0) is 0 Å². The fourth-order valence-corrected chi connectivity index (χ4v) is 4.48. The standard InChI is InChI=1S/C23H19ClF2N2OS.CH4O/c24-17-10-16(23(29)28-8-4-5-9-28)11-18(12-17)30-27-22-13-19(20(25)14-21(22)26)15-6-2-1-3-7-15;1-2/h1-3,6-7,10-14,27H,4-5,8-9H2;2H,1H3. The molecule has 0 aliphatic carbocycles. The molecule has 0 spiro atoms. The Balaban J connectivity index is 0.00000141. The predicted molar refractivity (Wildman–Crippen MR) is 126 cm³/mol. The molecule has 3 aromatic carbocycles. The second kappa shape index (κ2) is 11.3. The zero-order valence-corrected chi connectivity index (χ0v) is 19.0. The minimum absolute atomic E-state index is 0.0591. The normalized spacial score (nSPS) is 12.8. The molecular formula is C24H23ClF2N2O2S. The number of nitrogens with zero attached hydrogens (tertiary/aromatic N) is 1. The monoisotopic (exact) mass is 476 g/mol. The number of aliphatic hydroxyl groups is 1. The number of amides is 1. The first kappa shape index (κ1) is 24.0. The topological polar surface area (TPSA) is 52.6 Å². The van der Waals surface area contributed by atoms with Crippen molar-refractivity contribution < 1.29 is 18.7 Å². The number of hydrogen-bond donors (Lipinski definition) is 2. The second-order valence-electron chi connectivity index (χ2n) is 7.06. The molecule has 1 amide bonds. The highest BCUT2D eigenvalue weighted by molar-refractivity contribution is 8.00. The van der Waals surface area contributed by atoms with Gasteiger partial charge in [0.05, 0.1) is 5.69 Å². The molecule has 4 nitrogen and oxygen atoms in total. The molecule has 0 unspecified atom stereocenters. The molecule has 8 heteroatoms. The summed E-state index contributed by atoms with van der Waals surface area (Å²) in [5.74, 6) is -1.39. The Morgan fingerprint density at radius 2 is 1.69 bits per heavy atom. The van der Waals surface area contributed by atoms with Gasteiger partial charge in [0.15, 0.2) is 0 Å². The Labute approximate surface area is 195 Å². The summed E-state index contributed by atoms with van der Waals surface area (Å²) in [6.07, 6.45) is 2.01. The number of hydrogen-bond acceptors (Lipinski definition) is 4. The van der Waals surface area contributed by atoms with Crippen LogP contribution in [0.5, 0.6) is 0 Å². The highest BCUT2D eigenvalue weighted by Crippen LogP contribution is 2.32. The quantitative estimate of drug-likeness (QED) is 0.427. The molecule has 1 fully saturated rings. The van der Waals surface area contributed by atoms with Crippen LogP contribution >= 0.6 is 23.5 Å². The number of halogens is 3. The molecule has 1 heterocycles. The van der Waals surface area contributed by atoms with Crippen molar-refractivity contribution in [2.24, 2.45) is 0 Å². The van der Waals surface area contributed by atoms with Crippen LogP contribution in [0.25, 0.3) is 11.1 Å². The van der Waals surface area contributed by atoms with E-state index >= 15 is 0 Å². The van der Waals surface area contributed by atoms with Gasteiger partial charge in [0.2, 0.25) is 0 Å². The number of likely N-dealkylation sites (tertiary alicyclic amines) is 1. The highest BCUT2D eigenvalue weighted by Gasteiger charge is 2.20. The molecule has 1 aliphatic heterocycles. The smallest absolute Gasteiger partial charge is 0.253 e. The third-order valence-corrected chi connectivity index (χ3v) is 5.94. The van der Waals surface area contributed by atoms with E-state index in [0.717, 1.165) is 51.1 Å². The van der Waals surface area contributed by atoms with Crippen molar-refractivity contribution in [3.8, 4) is 11.1 Å². The van der Waals surface area contributed by atoms with Crippen molar-refractivity contribution in [2.75, 3.05) is 24.9 Å².